The van der Waals surface area contributed by atoms with E-state index in [4.69, 9.17) is 9.72 Å². The number of hydrogen-bond donors (Lipinski definition) is 3. The number of nitrogens with zero attached hydrogens (tertiary/aromatic N) is 5. The molecule has 0 bridgehead atoms. The highest BCUT2D eigenvalue weighted by Gasteiger charge is 2.39. The van der Waals surface area contributed by atoms with Crippen molar-refractivity contribution in [3.63, 3.8) is 0 Å². The van der Waals surface area contributed by atoms with E-state index in [2.05, 4.69) is 88.0 Å². The smallest absolute Gasteiger partial charge is 0.407 e. The normalized spacial score (nSPS) is 15.5. The third-order valence-electron chi connectivity index (χ3n) is 12.5. The lowest BCUT2D eigenvalue weighted by Gasteiger charge is -2.31. The van der Waals surface area contributed by atoms with Gasteiger partial charge < -0.3 is 29.8 Å². The van der Waals surface area contributed by atoms with E-state index < -0.39 is 18.2 Å². The Morgan fingerprint density at radius 2 is 1.61 bits per heavy atom. The van der Waals surface area contributed by atoms with Crippen molar-refractivity contribution in [2.45, 2.75) is 70.6 Å². The monoisotopic (exact) mass is 858 g/mol. The predicted molar refractivity (Wildman–Crippen MR) is 252 cm³/mol. The molecule has 330 valence electrons. The van der Waals surface area contributed by atoms with Gasteiger partial charge in [-0.25, -0.2) is 14.8 Å². The summed E-state index contributed by atoms with van der Waals surface area (Å²) >= 11 is 0. The summed E-state index contributed by atoms with van der Waals surface area (Å²) in [5, 5.41) is 2.72. The Bertz CT molecular complexity index is 2700. The van der Waals surface area contributed by atoms with E-state index in [0.717, 1.165) is 69.6 Å². The van der Waals surface area contributed by atoms with Crippen molar-refractivity contribution in [3.8, 4) is 33.5 Å². The number of likely N-dealkylation sites (N-methyl/N-ethyl adjacent to an activating group) is 1. The molecule has 6 aromatic rings. The quantitative estimate of drug-likeness (QED) is 0.0876. The van der Waals surface area contributed by atoms with Crippen LogP contribution in [0.15, 0.2) is 116 Å². The van der Waals surface area contributed by atoms with Gasteiger partial charge in [0.25, 0.3) is 0 Å². The first-order valence-corrected chi connectivity index (χ1v) is 22.2. The Morgan fingerprint density at radius 1 is 0.922 bits per heavy atom. The fourth-order valence-electron chi connectivity index (χ4n) is 9.26. The molecule has 0 spiro atoms. The molecule has 12 nitrogen and oxygen atoms in total. The number of amides is 3. The van der Waals surface area contributed by atoms with E-state index in [1.54, 1.807) is 11.0 Å². The second-order valence-electron chi connectivity index (χ2n) is 17.6. The van der Waals surface area contributed by atoms with Crippen LogP contribution in [0.4, 0.5) is 4.79 Å². The Labute approximate surface area is 375 Å². The number of alkyl carbamates (subject to hydrolysis) is 1. The zero-order valence-corrected chi connectivity index (χ0v) is 37.5. The lowest BCUT2D eigenvalue weighted by Crippen LogP contribution is -2.49. The summed E-state index contributed by atoms with van der Waals surface area (Å²) in [5.74, 6) is 1.44. The Balaban J connectivity index is 0.984. The van der Waals surface area contributed by atoms with Crippen LogP contribution in [0, 0.1) is 5.92 Å². The van der Waals surface area contributed by atoms with Crippen LogP contribution in [0.5, 0.6) is 0 Å². The minimum absolute atomic E-state index is 0.0404. The topological polar surface area (TPSA) is 140 Å². The summed E-state index contributed by atoms with van der Waals surface area (Å²) in [6.45, 7) is 13.6. The van der Waals surface area contributed by atoms with Crippen molar-refractivity contribution in [2.24, 2.45) is 5.92 Å². The highest BCUT2D eigenvalue weighted by atomic mass is 16.5. The highest BCUT2D eigenvalue weighted by molar-refractivity contribution is 5.87. The summed E-state index contributed by atoms with van der Waals surface area (Å²) in [4.78, 5) is 62.4. The van der Waals surface area contributed by atoms with E-state index in [1.807, 2.05) is 74.3 Å². The van der Waals surface area contributed by atoms with Gasteiger partial charge in [-0.15, -0.1) is 6.58 Å². The molecular weight excluding hydrogens is 801 g/mol. The predicted octanol–water partition coefficient (Wildman–Crippen LogP) is 9.19. The molecule has 1 saturated heterocycles. The van der Waals surface area contributed by atoms with Crippen LogP contribution >= 0.6 is 0 Å². The molecule has 3 amide bonds. The Morgan fingerprint density at radius 3 is 2.30 bits per heavy atom. The van der Waals surface area contributed by atoms with Gasteiger partial charge in [0.15, 0.2) is 0 Å². The van der Waals surface area contributed by atoms with Crippen LogP contribution < -0.4 is 5.32 Å². The molecule has 8 rings (SSSR count). The van der Waals surface area contributed by atoms with Crippen LogP contribution in [0.1, 0.15) is 73.5 Å². The highest BCUT2D eigenvalue weighted by Crippen LogP contribution is 2.40. The molecule has 2 aliphatic rings. The number of fused-ring (bicyclic) bond motifs is 4. The number of nitrogens with one attached hydrogen (secondary N) is 3. The molecule has 1 unspecified atom stereocenters. The van der Waals surface area contributed by atoms with Gasteiger partial charge in [0.1, 0.15) is 29.8 Å². The molecule has 2 aromatic heterocycles. The number of methoxy groups -OCH3 is 1. The molecule has 64 heavy (non-hydrogen) atoms. The number of carbonyl (C=O) groups is 3. The number of ether oxygens (including phenoxy) is 1. The Hall–Kier alpha value is -6.79. The molecular formula is C52H58N8O4. The molecule has 1 aliphatic heterocycles. The zero-order chi connectivity index (χ0) is 45.1. The first kappa shape index (κ1) is 43.8. The third-order valence-corrected chi connectivity index (χ3v) is 12.5. The van der Waals surface area contributed by atoms with Crippen molar-refractivity contribution in [1.82, 2.24) is 40.0 Å². The van der Waals surface area contributed by atoms with E-state index in [1.165, 1.54) is 29.4 Å². The molecule has 1 fully saturated rings. The number of aryl methyl sites for hydroxylation is 2. The maximum Gasteiger partial charge on any atom is 0.407 e. The summed E-state index contributed by atoms with van der Waals surface area (Å²) < 4.78 is 4.81. The number of aromatic nitrogens is 4. The maximum absolute atomic E-state index is 14.2. The zero-order valence-electron chi connectivity index (χ0n) is 37.5. The minimum Gasteiger partial charge on any atom is -0.453 e. The van der Waals surface area contributed by atoms with Crippen LogP contribution in [-0.2, 0) is 33.7 Å². The van der Waals surface area contributed by atoms with Crippen LogP contribution in [0.2, 0.25) is 0 Å². The number of benzene rings is 4. The fraction of sp³-hybridized carbons (Fsp3) is 0.327. The first-order chi connectivity index (χ1) is 30.9. The molecule has 3 N–H and O–H groups in total. The van der Waals surface area contributed by atoms with Crippen molar-refractivity contribution >= 4 is 28.9 Å². The van der Waals surface area contributed by atoms with Crippen molar-refractivity contribution in [3.05, 3.63) is 144 Å². The second kappa shape index (κ2) is 18.9. The third kappa shape index (κ3) is 9.14. The lowest BCUT2D eigenvalue weighted by molar-refractivity contribution is -0.137. The summed E-state index contributed by atoms with van der Waals surface area (Å²) in [6, 6.07) is 28.1. The van der Waals surface area contributed by atoms with Crippen molar-refractivity contribution < 1.29 is 19.1 Å². The number of hydrogen-bond acceptors (Lipinski definition) is 7. The number of likely N-dealkylation sites (tertiary alicyclic amines) is 1. The number of H-pyrrole nitrogens is 2. The largest absolute Gasteiger partial charge is 0.453 e. The van der Waals surface area contributed by atoms with Gasteiger partial charge in [-0.1, -0.05) is 93.2 Å². The molecule has 4 aromatic carbocycles. The van der Waals surface area contributed by atoms with Gasteiger partial charge in [-0.05, 0) is 120 Å². The number of carbonyl (C=O) groups excluding carboxylic acids is 3. The van der Waals surface area contributed by atoms with Gasteiger partial charge >= 0.3 is 6.09 Å². The van der Waals surface area contributed by atoms with Gasteiger partial charge in [-0.3, -0.25) is 14.5 Å². The molecule has 0 saturated carbocycles. The number of imidazole rings is 2. The molecule has 12 heteroatoms. The van der Waals surface area contributed by atoms with Gasteiger partial charge in [0.2, 0.25) is 11.8 Å². The average Bonchev–Trinajstić information content (AvgIpc) is 4.05. The van der Waals surface area contributed by atoms with Crippen molar-refractivity contribution in [2.75, 3.05) is 34.3 Å². The standard InChI is InChI=1S/C52H58N8O4/c1-8-9-24-59(50(61)44(26-32(2)3)57-52(63)64-7)31-46-53-30-45(54-46)39-18-21-41-38(28-39)16-15-37-27-35(17-20-40(37)41)36-19-22-42-43(29-36)56-49(55-42)47-33(4)23-25-60(47)51(62)48(58(5)6)34-13-11-10-12-14-34/h8,10-14,17-22,27-30,32,44,47-48H,1,4,9,15-16,23-26,31H2,2-3,5-7H3,(H,53,54)(H,55,56)(H,57,63)/t44-,47-,48?/m0/s1. The molecule has 3 heterocycles. The summed E-state index contributed by atoms with van der Waals surface area (Å²) in [5.41, 5.74) is 12.9. The van der Waals surface area contributed by atoms with E-state index in [0.29, 0.717) is 31.8 Å². The summed E-state index contributed by atoms with van der Waals surface area (Å²) in [6.07, 6.45) is 6.60. The lowest BCUT2D eigenvalue weighted by atomic mass is 9.83. The number of aromatic amines is 2. The molecule has 0 radical (unpaired) electrons. The van der Waals surface area contributed by atoms with Gasteiger partial charge in [0.05, 0.1) is 36.6 Å². The minimum atomic E-state index is -0.712. The van der Waals surface area contributed by atoms with Gasteiger partial charge in [0, 0.05) is 13.1 Å². The van der Waals surface area contributed by atoms with Crippen LogP contribution in [-0.4, -0.2) is 92.9 Å². The molecule has 1 aliphatic carbocycles. The van der Waals surface area contributed by atoms with Crippen molar-refractivity contribution in [1.29, 1.82) is 0 Å². The maximum atomic E-state index is 14.2. The number of rotatable bonds is 15. The van der Waals surface area contributed by atoms with Crippen LogP contribution in [0.3, 0.4) is 0 Å². The fourth-order valence-corrected chi connectivity index (χ4v) is 9.26. The van der Waals surface area contributed by atoms with E-state index in [-0.39, 0.29) is 30.3 Å². The second-order valence-corrected chi connectivity index (χ2v) is 17.6. The van der Waals surface area contributed by atoms with Crippen LogP contribution in [0.25, 0.3) is 44.5 Å². The Kier molecular flexibility index (Phi) is 12.9. The van der Waals surface area contributed by atoms with E-state index >= 15 is 0 Å². The SMILES string of the molecule is C=CCCN(Cc1ncc(-c2ccc3c(c2)CCc2cc(-c4ccc5nc([C@@H]6C(=C)CCN6C(=O)C(c6ccccc6)N(C)C)[nH]c5c4)ccc2-3)[nH]1)C(=O)[C@H](CC(C)C)NC(=O)OC. The van der Waals surface area contributed by atoms with E-state index in [9.17, 15) is 14.4 Å². The average molecular weight is 859 g/mol. The van der Waals surface area contributed by atoms with Gasteiger partial charge in [-0.2, -0.15) is 0 Å². The first-order valence-electron chi connectivity index (χ1n) is 22.2. The molecule has 3 atom stereocenters. The summed E-state index contributed by atoms with van der Waals surface area (Å²) in [7, 11) is 5.18.